The SMILES string of the molecule is C.C.C.C.C.C.CCCCC(CC)CP(=O)(Oc1ccccc1)c1ccccc1.CCCCCCCCCCCCCC[P+](C)=O.CCCCCCCCCCCCOC[P+](C)=O.CCCC[P+](=O)C=O.CC[P+](C)=O.C[P+](C)=O. The number of ether oxygens (including phenoxy) is 1. The highest BCUT2D eigenvalue weighted by atomic mass is 31.2. The van der Waals surface area contributed by atoms with E-state index in [1.54, 1.807) is 26.7 Å². The summed E-state index contributed by atoms with van der Waals surface area (Å²) in [6.45, 7) is 22.3. The summed E-state index contributed by atoms with van der Waals surface area (Å²) >= 11 is 0. The van der Waals surface area contributed by atoms with Gasteiger partial charge in [-0.15, -0.1) is 0 Å². The van der Waals surface area contributed by atoms with Crippen molar-refractivity contribution in [2.45, 2.75) is 266 Å². The van der Waals surface area contributed by atoms with E-state index in [0.29, 0.717) is 36.4 Å². The first-order valence-electron chi connectivity index (χ1n) is 28.9. The molecule has 0 aromatic heterocycles. The van der Waals surface area contributed by atoms with Crippen LogP contribution in [0, 0.1) is 5.92 Å². The maximum atomic E-state index is 13.7. The summed E-state index contributed by atoms with van der Waals surface area (Å²) in [4.78, 5) is 9.73. The number of carbonyl (C=O) groups excluding carboxylic acids is 1. The molecule has 6 unspecified atom stereocenters. The third-order valence-corrected chi connectivity index (χ3v) is 17.7. The van der Waals surface area contributed by atoms with Gasteiger partial charge in [0, 0.05) is 11.5 Å². The average molecular weight is 1250 g/mol. The Kier molecular flexibility index (Phi) is 100. The fraction of sp³-hybridized carbons (Fsp3) is 0.800. The van der Waals surface area contributed by atoms with E-state index in [4.69, 9.17) is 9.26 Å². The zero-order chi connectivity index (χ0) is 56.4. The Hall–Kier alpha value is -1.40. The first-order valence-corrected chi connectivity index (χ1v) is 40.0. The van der Waals surface area contributed by atoms with Crippen molar-refractivity contribution in [1.82, 2.24) is 0 Å². The number of rotatable bonds is 40. The largest absolute Gasteiger partial charge is 0.440 e. The fourth-order valence-corrected chi connectivity index (χ4v) is 11.6. The molecule has 0 saturated carbocycles. The first kappa shape index (κ1) is 101. The molecule has 2 rings (SSSR count). The molecule has 0 radical (unpaired) electrons. The molecule has 0 aliphatic heterocycles. The monoisotopic (exact) mass is 1250 g/mol. The average Bonchev–Trinajstić information content (AvgIpc) is 3.38. The van der Waals surface area contributed by atoms with Crippen molar-refractivity contribution in [2.75, 3.05) is 70.9 Å². The predicted molar refractivity (Wildman–Crippen MR) is 373 cm³/mol. The summed E-state index contributed by atoms with van der Waals surface area (Å²) in [5.74, 6) is 1.12. The molecule has 0 fully saturated rings. The van der Waals surface area contributed by atoms with Crippen LogP contribution in [-0.4, -0.2) is 77.0 Å². The molecule has 0 heterocycles. The molecule has 476 valence electrons. The van der Waals surface area contributed by atoms with Gasteiger partial charge in [-0.1, -0.05) is 286 Å². The summed E-state index contributed by atoms with van der Waals surface area (Å²) < 4.78 is 76.6. The van der Waals surface area contributed by atoms with Gasteiger partial charge in [-0.2, -0.15) is 0 Å². The second-order valence-electron chi connectivity index (χ2n) is 19.5. The van der Waals surface area contributed by atoms with Gasteiger partial charge in [0.15, 0.2) is 6.16 Å². The molecule has 80 heavy (non-hydrogen) atoms. The number of unbranched alkanes of at least 4 members (excludes halogenated alkanes) is 22. The van der Waals surface area contributed by atoms with Gasteiger partial charge in [0.25, 0.3) is 7.37 Å². The molecule has 0 aliphatic carbocycles. The molecular formula is C65H137O9P6+5. The van der Waals surface area contributed by atoms with Crippen LogP contribution in [0.15, 0.2) is 60.7 Å². The van der Waals surface area contributed by atoms with Gasteiger partial charge in [-0.3, -0.25) is 4.57 Å². The Morgan fingerprint density at radius 2 is 0.825 bits per heavy atom. The van der Waals surface area contributed by atoms with Crippen LogP contribution < -0.4 is 9.83 Å². The minimum Gasteiger partial charge on any atom is -0.440 e. The predicted octanol–water partition coefficient (Wildman–Crippen LogP) is 25.5. The van der Waals surface area contributed by atoms with Crippen LogP contribution in [0.3, 0.4) is 0 Å². The fourth-order valence-electron chi connectivity index (χ4n) is 7.19. The lowest BCUT2D eigenvalue weighted by Gasteiger charge is -2.24. The maximum Gasteiger partial charge on any atom is 0.411 e. The highest BCUT2D eigenvalue weighted by Crippen LogP contribution is 2.48. The normalized spacial score (nSPS) is 11.4. The van der Waals surface area contributed by atoms with E-state index in [9.17, 15) is 32.2 Å². The lowest BCUT2D eigenvalue weighted by molar-refractivity contribution is 0.172. The number of hydrogen-bond acceptors (Lipinski definition) is 9. The number of benzene rings is 2. The maximum absolute atomic E-state index is 13.7. The number of para-hydroxylation sites is 1. The van der Waals surface area contributed by atoms with Crippen molar-refractivity contribution in [3.05, 3.63) is 60.7 Å². The summed E-state index contributed by atoms with van der Waals surface area (Å²) in [5.41, 5.74) is 0. The van der Waals surface area contributed by atoms with Crippen LogP contribution in [0.4, 0.5) is 0 Å². The zero-order valence-corrected chi connectivity index (χ0v) is 54.7. The smallest absolute Gasteiger partial charge is 0.411 e. The standard InChI is InChI=1S/C20H27O2P.C15H32OP.C14H30O2P.C5H10O2P.C3H8OP.C2H6OP.6CH4/c1-3-5-12-18(4-2)17-23(21,20-15-10-7-11-16-20)22-19-13-8-6-9-14-19;1-3-4-5-6-7-8-9-10-11-12-13-14-15-17(2)16;1-3-4-5-6-7-8-9-10-11-12-13-16-14-17(2)15;1-2-3-4-8(7)5-6;1-3-5(2)4;1-4(2)3;;;;;;/h6-11,13-16,18H,3-5,12,17H2,1-2H3;3-15H2,1-2H3;3-14H2,1-2H3;5H,2-4H2,1H3;3H2,1-2H3;1-2H3;6*1H4/q;5*+1;;;;;;. The molecule has 0 amide bonds. The first-order chi connectivity index (χ1) is 35.5. The zero-order valence-electron chi connectivity index (χ0n) is 49.3. The molecule has 15 heteroatoms. The summed E-state index contributed by atoms with van der Waals surface area (Å²) in [6, 6.07) is 19.7. The van der Waals surface area contributed by atoms with E-state index in [0.717, 1.165) is 56.3 Å². The van der Waals surface area contributed by atoms with Crippen LogP contribution in [0.1, 0.15) is 266 Å². The highest BCUT2D eigenvalue weighted by molar-refractivity contribution is 7.67. The van der Waals surface area contributed by atoms with E-state index in [2.05, 4.69) is 27.7 Å². The minimum atomic E-state index is -2.91. The van der Waals surface area contributed by atoms with Crippen molar-refractivity contribution in [3.8, 4) is 5.75 Å². The molecule has 0 bridgehead atoms. The Morgan fingerprint density at radius 1 is 0.463 bits per heavy atom. The van der Waals surface area contributed by atoms with Gasteiger partial charge in [0.2, 0.25) is 6.35 Å². The summed E-state index contributed by atoms with van der Waals surface area (Å²) in [5, 5.41) is 0.818. The van der Waals surface area contributed by atoms with E-state index in [-0.39, 0.29) is 44.6 Å². The van der Waals surface area contributed by atoms with Crippen molar-refractivity contribution in [2.24, 2.45) is 5.92 Å². The molecule has 0 aliphatic rings. The quantitative estimate of drug-likeness (QED) is 0.0363. The Labute approximate surface area is 505 Å². The summed E-state index contributed by atoms with van der Waals surface area (Å²) in [6.07, 6.45) is 39.8. The molecule has 9 nitrogen and oxygen atoms in total. The molecular weight excluding hydrogens is 1110 g/mol. The van der Waals surface area contributed by atoms with Gasteiger partial charge in [-0.05, 0) is 69.2 Å². The Balaban J connectivity index is -0.0000000979. The molecule has 2 aromatic carbocycles. The van der Waals surface area contributed by atoms with Gasteiger partial charge >= 0.3 is 45.0 Å². The lowest BCUT2D eigenvalue weighted by atomic mass is 10.0. The highest BCUT2D eigenvalue weighted by Gasteiger charge is 2.30. The van der Waals surface area contributed by atoms with E-state index < -0.39 is 46.4 Å². The van der Waals surface area contributed by atoms with Crippen LogP contribution in [0.5, 0.6) is 5.75 Å². The van der Waals surface area contributed by atoms with Gasteiger partial charge in [-0.25, -0.2) is 4.79 Å². The second-order valence-corrected chi connectivity index (χ2v) is 30.1. The molecule has 0 saturated heterocycles. The van der Waals surface area contributed by atoms with E-state index >= 15 is 0 Å². The van der Waals surface area contributed by atoms with Gasteiger partial charge in [0.05, 0.1) is 6.61 Å². The van der Waals surface area contributed by atoms with Crippen molar-refractivity contribution >= 4 is 57.7 Å². The van der Waals surface area contributed by atoms with Gasteiger partial charge in [0.1, 0.15) is 51.4 Å². The molecule has 6 atom stereocenters. The van der Waals surface area contributed by atoms with Gasteiger partial charge < -0.3 is 9.26 Å². The summed E-state index contributed by atoms with van der Waals surface area (Å²) in [7, 11) is -8.14. The molecule has 0 N–H and O–H groups in total. The molecule has 2 aromatic rings. The van der Waals surface area contributed by atoms with Crippen LogP contribution in [-0.2, 0) is 36.9 Å². The Bertz CT molecular complexity index is 1590. The van der Waals surface area contributed by atoms with E-state index in [1.165, 1.54) is 148 Å². The van der Waals surface area contributed by atoms with E-state index in [1.807, 2.05) is 81.2 Å². The number of hydrogen-bond donors (Lipinski definition) is 0. The van der Waals surface area contributed by atoms with Crippen molar-refractivity contribution < 1.29 is 41.4 Å². The third-order valence-electron chi connectivity index (χ3n) is 11.7. The second kappa shape index (κ2) is 79.7. The third kappa shape index (κ3) is 83.1. The topological polar surface area (TPSA) is 138 Å². The van der Waals surface area contributed by atoms with Crippen LogP contribution >= 0.6 is 46.4 Å². The number of carbonyl (C=O) groups is 1. The van der Waals surface area contributed by atoms with Crippen molar-refractivity contribution in [3.63, 3.8) is 0 Å². The molecule has 0 spiro atoms. The lowest BCUT2D eigenvalue weighted by Crippen LogP contribution is -2.18. The minimum absolute atomic E-state index is 0. The Morgan fingerprint density at radius 3 is 1.16 bits per heavy atom. The van der Waals surface area contributed by atoms with Crippen LogP contribution in [0.2, 0.25) is 0 Å². The van der Waals surface area contributed by atoms with Crippen molar-refractivity contribution in [1.29, 1.82) is 0 Å². The van der Waals surface area contributed by atoms with Crippen LogP contribution in [0.25, 0.3) is 0 Å².